The second-order valence-electron chi connectivity index (χ2n) is 6.04. The van der Waals surface area contributed by atoms with Gasteiger partial charge in [0.05, 0.1) is 0 Å². The Kier molecular flexibility index (Phi) is 4.81. The van der Waals surface area contributed by atoms with Gasteiger partial charge in [-0.05, 0) is 18.9 Å². The molecule has 0 aliphatic carbocycles. The van der Waals surface area contributed by atoms with Crippen LogP contribution in [0.15, 0.2) is 12.2 Å². The van der Waals surface area contributed by atoms with Gasteiger partial charge in [-0.15, -0.1) is 0 Å². The van der Waals surface area contributed by atoms with Crippen molar-refractivity contribution < 1.29 is 28.6 Å². The number of rotatable bonds is 4. The summed E-state index contributed by atoms with van der Waals surface area (Å²) in [4.78, 5) is 35.8. The second-order valence-corrected chi connectivity index (χ2v) is 6.04. The summed E-state index contributed by atoms with van der Waals surface area (Å²) in [5.74, 6) is -3.30. The van der Waals surface area contributed by atoms with Gasteiger partial charge < -0.3 is 14.2 Å². The highest BCUT2D eigenvalue weighted by atomic mass is 16.7. The van der Waals surface area contributed by atoms with E-state index in [1.807, 2.05) is 13.8 Å². The molecule has 0 aromatic rings. The average Bonchev–Trinajstić information content (AvgIpc) is 2.29. The van der Waals surface area contributed by atoms with E-state index in [0.29, 0.717) is 0 Å². The largest absolute Gasteiger partial charge is 0.456 e. The van der Waals surface area contributed by atoms with Gasteiger partial charge in [0.25, 0.3) is 5.79 Å². The minimum absolute atomic E-state index is 0.165. The Morgan fingerprint density at radius 3 is 1.95 bits per heavy atom. The van der Waals surface area contributed by atoms with Crippen LogP contribution in [-0.2, 0) is 28.6 Å². The molecule has 1 aliphatic rings. The van der Waals surface area contributed by atoms with E-state index in [1.165, 1.54) is 33.8 Å². The Balaban J connectivity index is 3.17. The van der Waals surface area contributed by atoms with Gasteiger partial charge in [0.1, 0.15) is 6.10 Å². The lowest BCUT2D eigenvalue weighted by molar-refractivity contribution is -0.255. The van der Waals surface area contributed by atoms with Gasteiger partial charge in [-0.25, -0.2) is 0 Å². The quantitative estimate of drug-likeness (QED) is 0.448. The van der Waals surface area contributed by atoms with E-state index in [9.17, 15) is 14.4 Å². The molecular formula is C15H22O6. The first-order chi connectivity index (χ1) is 9.49. The molecule has 6 nitrogen and oxygen atoms in total. The van der Waals surface area contributed by atoms with Crippen molar-refractivity contribution in [3.8, 4) is 0 Å². The molecule has 1 saturated heterocycles. The minimum Gasteiger partial charge on any atom is -0.456 e. The van der Waals surface area contributed by atoms with Crippen LogP contribution in [0.1, 0.15) is 41.5 Å². The van der Waals surface area contributed by atoms with Crippen molar-refractivity contribution in [2.75, 3.05) is 0 Å². The van der Waals surface area contributed by atoms with Crippen molar-refractivity contribution in [1.29, 1.82) is 0 Å². The summed E-state index contributed by atoms with van der Waals surface area (Å²) < 4.78 is 15.4. The molecule has 0 spiro atoms. The number of ether oxygens (including phenoxy) is 3. The zero-order valence-electron chi connectivity index (χ0n) is 13.3. The number of allylic oxidation sites excluding steroid dienone is 1. The third-order valence-electron chi connectivity index (χ3n) is 3.06. The van der Waals surface area contributed by atoms with Crippen LogP contribution in [0.5, 0.6) is 0 Å². The first-order valence-corrected chi connectivity index (χ1v) is 6.81. The third-order valence-corrected chi connectivity index (χ3v) is 3.06. The van der Waals surface area contributed by atoms with Gasteiger partial charge in [-0.2, -0.15) is 0 Å². The minimum atomic E-state index is -1.72. The highest BCUT2D eigenvalue weighted by Gasteiger charge is 2.58. The fourth-order valence-electron chi connectivity index (χ4n) is 1.85. The third kappa shape index (κ3) is 3.83. The van der Waals surface area contributed by atoms with Crippen molar-refractivity contribution in [3.63, 3.8) is 0 Å². The van der Waals surface area contributed by atoms with Gasteiger partial charge in [-0.3, -0.25) is 14.4 Å². The van der Waals surface area contributed by atoms with Crippen LogP contribution in [0.25, 0.3) is 0 Å². The molecule has 1 fully saturated rings. The smallest absolute Gasteiger partial charge is 0.330 e. The van der Waals surface area contributed by atoms with Gasteiger partial charge >= 0.3 is 17.9 Å². The van der Waals surface area contributed by atoms with Crippen LogP contribution >= 0.6 is 0 Å². The maximum absolute atomic E-state index is 12.3. The summed E-state index contributed by atoms with van der Waals surface area (Å²) in [5.41, 5.74) is -1.72. The molecule has 0 aromatic carbocycles. The highest BCUT2D eigenvalue weighted by Crippen LogP contribution is 2.37. The zero-order valence-corrected chi connectivity index (χ0v) is 13.3. The zero-order chi connectivity index (χ0) is 16.4. The van der Waals surface area contributed by atoms with E-state index in [0.717, 1.165) is 0 Å². The molecule has 1 aliphatic heterocycles. The number of carbonyl (C=O) groups excluding carboxylic acids is 3. The summed E-state index contributed by atoms with van der Waals surface area (Å²) in [5, 5.41) is 0. The van der Waals surface area contributed by atoms with Crippen molar-refractivity contribution in [1.82, 2.24) is 0 Å². The Labute approximate surface area is 124 Å². The van der Waals surface area contributed by atoms with Crippen molar-refractivity contribution in [3.05, 3.63) is 12.2 Å². The fourth-order valence-corrected chi connectivity index (χ4v) is 1.85. The van der Waals surface area contributed by atoms with E-state index in [2.05, 4.69) is 0 Å². The number of carbonyl (C=O) groups is 3. The van der Waals surface area contributed by atoms with Crippen LogP contribution in [0.2, 0.25) is 0 Å². The van der Waals surface area contributed by atoms with Gasteiger partial charge in [-0.1, -0.05) is 19.9 Å². The monoisotopic (exact) mass is 298 g/mol. The molecule has 0 aromatic heterocycles. The molecule has 0 amide bonds. The lowest BCUT2D eigenvalue weighted by Gasteiger charge is -2.40. The van der Waals surface area contributed by atoms with Crippen LogP contribution in [0.4, 0.5) is 0 Å². The van der Waals surface area contributed by atoms with Crippen molar-refractivity contribution in [2.45, 2.75) is 53.4 Å². The predicted molar refractivity (Wildman–Crippen MR) is 73.9 cm³/mol. The van der Waals surface area contributed by atoms with Crippen molar-refractivity contribution in [2.24, 2.45) is 11.3 Å². The first kappa shape index (κ1) is 17.2. The van der Waals surface area contributed by atoms with E-state index >= 15 is 0 Å². The Morgan fingerprint density at radius 1 is 1.10 bits per heavy atom. The first-order valence-electron chi connectivity index (χ1n) is 6.81. The number of hydrogen-bond acceptors (Lipinski definition) is 6. The number of cyclic esters (lactones) is 2. The predicted octanol–water partition coefficient (Wildman–Crippen LogP) is 1.97. The average molecular weight is 298 g/mol. The summed E-state index contributed by atoms with van der Waals surface area (Å²) >= 11 is 0. The summed E-state index contributed by atoms with van der Waals surface area (Å²) in [6.45, 7) is 9.34. The summed E-state index contributed by atoms with van der Waals surface area (Å²) in [7, 11) is 0. The maximum Gasteiger partial charge on any atom is 0.330 e. The van der Waals surface area contributed by atoms with Crippen LogP contribution in [-0.4, -0.2) is 29.8 Å². The fraction of sp³-hybridized carbons (Fsp3) is 0.667. The SMILES string of the molecule is CC(=O)O[C@H](/C=C\C(C)C)C1(C)C(=O)OC(C)(C)OC1=O. The molecule has 21 heavy (non-hydrogen) atoms. The van der Waals surface area contributed by atoms with Crippen molar-refractivity contribution >= 4 is 17.9 Å². The summed E-state index contributed by atoms with van der Waals surface area (Å²) in [6.07, 6.45) is 2.19. The molecule has 0 unspecified atom stereocenters. The molecule has 1 heterocycles. The molecule has 0 saturated carbocycles. The molecule has 0 N–H and O–H groups in total. The molecular weight excluding hydrogens is 276 g/mol. The number of hydrogen-bond donors (Lipinski definition) is 0. The summed E-state index contributed by atoms with van der Waals surface area (Å²) in [6, 6.07) is 0. The van der Waals surface area contributed by atoms with Crippen LogP contribution < -0.4 is 0 Å². The topological polar surface area (TPSA) is 78.9 Å². The molecule has 1 rings (SSSR count). The van der Waals surface area contributed by atoms with E-state index in [1.54, 1.807) is 6.08 Å². The van der Waals surface area contributed by atoms with Gasteiger partial charge in [0.2, 0.25) is 5.41 Å². The molecule has 0 bridgehead atoms. The normalized spacial score (nSPS) is 21.9. The maximum atomic E-state index is 12.3. The van der Waals surface area contributed by atoms with E-state index < -0.39 is 35.2 Å². The van der Waals surface area contributed by atoms with Crippen LogP contribution in [0, 0.1) is 11.3 Å². The van der Waals surface area contributed by atoms with E-state index in [4.69, 9.17) is 14.2 Å². The van der Waals surface area contributed by atoms with E-state index in [-0.39, 0.29) is 5.92 Å². The van der Waals surface area contributed by atoms with Gasteiger partial charge in [0, 0.05) is 20.8 Å². The Bertz CT molecular complexity index is 455. The molecule has 1 atom stereocenters. The Hall–Kier alpha value is -1.85. The molecule has 0 radical (unpaired) electrons. The molecule has 6 heteroatoms. The lowest BCUT2D eigenvalue weighted by atomic mass is 9.82. The highest BCUT2D eigenvalue weighted by molar-refractivity contribution is 6.02. The van der Waals surface area contributed by atoms with Gasteiger partial charge in [0.15, 0.2) is 0 Å². The molecule has 118 valence electrons. The lowest BCUT2D eigenvalue weighted by Crippen LogP contribution is -2.58. The number of esters is 3. The van der Waals surface area contributed by atoms with Crippen LogP contribution in [0.3, 0.4) is 0 Å². The second kappa shape index (κ2) is 5.87. The Morgan fingerprint density at radius 2 is 1.57 bits per heavy atom. The standard InChI is InChI=1S/C15H22O6/c1-9(2)7-8-11(19-10(3)16)15(6)12(17)20-14(4,5)21-13(15)18/h7-9,11H,1-6H3/b8-7-/t11-/m1/s1.